The second-order valence-electron chi connectivity index (χ2n) is 4.42. The van der Waals surface area contributed by atoms with E-state index in [9.17, 15) is 9.59 Å². The topological polar surface area (TPSA) is 58.6 Å². The van der Waals surface area contributed by atoms with Gasteiger partial charge in [-0.2, -0.15) is 0 Å². The van der Waals surface area contributed by atoms with Crippen LogP contribution in [0.5, 0.6) is 0 Å². The SMILES string of the molecule is CN1C[C@H](C(=O)NOCc2ccccc2)CC1=O. The van der Waals surface area contributed by atoms with E-state index in [4.69, 9.17) is 4.84 Å². The van der Waals surface area contributed by atoms with Crippen molar-refractivity contribution in [1.82, 2.24) is 10.4 Å². The quantitative estimate of drug-likeness (QED) is 0.798. The van der Waals surface area contributed by atoms with Gasteiger partial charge < -0.3 is 4.90 Å². The molecule has 0 radical (unpaired) electrons. The molecule has 1 aliphatic heterocycles. The van der Waals surface area contributed by atoms with Gasteiger partial charge in [-0.1, -0.05) is 30.3 Å². The molecule has 1 N–H and O–H groups in total. The first-order chi connectivity index (χ1) is 8.66. The zero-order valence-corrected chi connectivity index (χ0v) is 10.3. The molecule has 1 aromatic rings. The number of benzene rings is 1. The molecule has 0 unspecified atom stereocenters. The van der Waals surface area contributed by atoms with Crippen molar-refractivity contribution in [2.45, 2.75) is 13.0 Å². The van der Waals surface area contributed by atoms with Gasteiger partial charge in [0.15, 0.2) is 0 Å². The van der Waals surface area contributed by atoms with E-state index in [1.54, 1.807) is 11.9 Å². The lowest BCUT2D eigenvalue weighted by molar-refractivity contribution is -0.138. The maximum absolute atomic E-state index is 11.7. The number of hydrogen-bond acceptors (Lipinski definition) is 3. The van der Waals surface area contributed by atoms with E-state index in [1.165, 1.54) is 0 Å². The van der Waals surface area contributed by atoms with Crippen molar-refractivity contribution in [3.63, 3.8) is 0 Å². The van der Waals surface area contributed by atoms with Crippen molar-refractivity contribution in [3.8, 4) is 0 Å². The van der Waals surface area contributed by atoms with Crippen LogP contribution < -0.4 is 5.48 Å². The predicted molar refractivity (Wildman–Crippen MR) is 65.1 cm³/mol. The second-order valence-corrected chi connectivity index (χ2v) is 4.42. The van der Waals surface area contributed by atoms with E-state index in [-0.39, 0.29) is 24.2 Å². The number of hydrogen-bond donors (Lipinski definition) is 1. The summed E-state index contributed by atoms with van der Waals surface area (Å²) in [6.07, 6.45) is 0.261. The van der Waals surface area contributed by atoms with Crippen LogP contribution in [0.25, 0.3) is 0 Å². The lowest BCUT2D eigenvalue weighted by atomic mass is 10.1. The molecule has 2 rings (SSSR count). The number of likely N-dealkylation sites (tertiary alicyclic amines) is 1. The molecule has 1 aromatic carbocycles. The van der Waals surface area contributed by atoms with E-state index in [2.05, 4.69) is 5.48 Å². The zero-order valence-electron chi connectivity index (χ0n) is 10.3. The zero-order chi connectivity index (χ0) is 13.0. The Bertz CT molecular complexity index is 433. The van der Waals surface area contributed by atoms with E-state index >= 15 is 0 Å². The molecule has 1 fully saturated rings. The molecule has 1 heterocycles. The molecule has 1 atom stereocenters. The lowest BCUT2D eigenvalue weighted by Gasteiger charge is -2.10. The van der Waals surface area contributed by atoms with E-state index in [1.807, 2.05) is 30.3 Å². The Morgan fingerprint density at radius 3 is 2.78 bits per heavy atom. The van der Waals surface area contributed by atoms with Crippen molar-refractivity contribution in [2.24, 2.45) is 5.92 Å². The molecule has 5 nitrogen and oxygen atoms in total. The fraction of sp³-hybridized carbons (Fsp3) is 0.385. The third-order valence-electron chi connectivity index (χ3n) is 2.97. The minimum Gasteiger partial charge on any atom is -0.345 e. The highest BCUT2D eigenvalue weighted by molar-refractivity contribution is 5.88. The Labute approximate surface area is 106 Å². The summed E-state index contributed by atoms with van der Waals surface area (Å²) in [6, 6.07) is 9.57. The summed E-state index contributed by atoms with van der Waals surface area (Å²) < 4.78 is 0. The van der Waals surface area contributed by atoms with Gasteiger partial charge in [-0.15, -0.1) is 0 Å². The Balaban J connectivity index is 1.74. The van der Waals surface area contributed by atoms with Crippen LogP contribution in [0.1, 0.15) is 12.0 Å². The molecular weight excluding hydrogens is 232 g/mol. The largest absolute Gasteiger partial charge is 0.345 e. The van der Waals surface area contributed by atoms with Gasteiger partial charge in [0.25, 0.3) is 0 Å². The summed E-state index contributed by atoms with van der Waals surface area (Å²) in [6.45, 7) is 0.780. The van der Waals surface area contributed by atoms with Crippen LogP contribution in [0.2, 0.25) is 0 Å². The number of nitrogens with zero attached hydrogens (tertiary/aromatic N) is 1. The van der Waals surface area contributed by atoms with Gasteiger partial charge in [-0.05, 0) is 5.56 Å². The molecule has 0 spiro atoms. The molecule has 0 saturated carbocycles. The fourth-order valence-electron chi connectivity index (χ4n) is 1.89. The Morgan fingerprint density at radius 1 is 1.44 bits per heavy atom. The summed E-state index contributed by atoms with van der Waals surface area (Å²) >= 11 is 0. The molecule has 0 aromatic heterocycles. The number of carbonyl (C=O) groups excluding carboxylic acids is 2. The van der Waals surface area contributed by atoms with Crippen LogP contribution >= 0.6 is 0 Å². The minimum atomic E-state index is -0.307. The first-order valence-electron chi connectivity index (χ1n) is 5.86. The van der Waals surface area contributed by atoms with Crippen LogP contribution in [0.15, 0.2) is 30.3 Å². The highest BCUT2D eigenvalue weighted by Gasteiger charge is 2.32. The molecule has 96 valence electrons. The minimum absolute atomic E-state index is 0.00166. The highest BCUT2D eigenvalue weighted by atomic mass is 16.6. The van der Waals surface area contributed by atoms with Crippen LogP contribution in [0.3, 0.4) is 0 Å². The number of carbonyl (C=O) groups is 2. The standard InChI is InChI=1S/C13H16N2O3/c1-15-8-11(7-12(15)16)13(17)14-18-9-10-5-3-2-4-6-10/h2-6,11H,7-9H2,1H3,(H,14,17)/t11-/m1/s1. The lowest BCUT2D eigenvalue weighted by Crippen LogP contribution is -2.32. The van der Waals surface area contributed by atoms with Crippen molar-refractivity contribution in [1.29, 1.82) is 0 Å². The summed E-state index contributed by atoms with van der Waals surface area (Å²) in [7, 11) is 1.69. The van der Waals surface area contributed by atoms with Crippen molar-refractivity contribution >= 4 is 11.8 Å². The van der Waals surface area contributed by atoms with Gasteiger partial charge in [0.1, 0.15) is 0 Å². The summed E-state index contributed by atoms with van der Waals surface area (Å²) in [5, 5.41) is 0. The summed E-state index contributed by atoms with van der Waals surface area (Å²) in [5.74, 6) is -0.542. The predicted octanol–water partition coefficient (Wildman–Crippen LogP) is 0.713. The molecule has 0 bridgehead atoms. The number of nitrogens with one attached hydrogen (secondary N) is 1. The Hall–Kier alpha value is -1.88. The molecule has 18 heavy (non-hydrogen) atoms. The Morgan fingerprint density at radius 2 is 2.17 bits per heavy atom. The van der Waals surface area contributed by atoms with Gasteiger partial charge in [-0.25, -0.2) is 5.48 Å². The maximum Gasteiger partial charge on any atom is 0.248 e. The first-order valence-corrected chi connectivity index (χ1v) is 5.86. The summed E-state index contributed by atoms with van der Waals surface area (Å²) in [5.41, 5.74) is 3.38. The average molecular weight is 248 g/mol. The van der Waals surface area contributed by atoms with Crippen molar-refractivity contribution in [2.75, 3.05) is 13.6 Å². The van der Waals surface area contributed by atoms with Crippen molar-refractivity contribution in [3.05, 3.63) is 35.9 Å². The normalized spacial score (nSPS) is 19.1. The van der Waals surface area contributed by atoms with Gasteiger partial charge >= 0.3 is 0 Å². The van der Waals surface area contributed by atoms with E-state index in [0.717, 1.165) is 5.56 Å². The third-order valence-corrected chi connectivity index (χ3v) is 2.97. The summed E-state index contributed by atoms with van der Waals surface area (Å²) in [4.78, 5) is 29.7. The van der Waals surface area contributed by atoms with Crippen LogP contribution in [-0.4, -0.2) is 30.3 Å². The van der Waals surface area contributed by atoms with Gasteiger partial charge in [0.05, 0.1) is 12.5 Å². The van der Waals surface area contributed by atoms with E-state index < -0.39 is 0 Å². The average Bonchev–Trinajstić information content (AvgIpc) is 2.71. The molecule has 1 aliphatic rings. The van der Waals surface area contributed by atoms with Crippen LogP contribution in [0.4, 0.5) is 0 Å². The Kier molecular flexibility index (Phi) is 3.94. The first kappa shape index (κ1) is 12.6. The molecule has 5 heteroatoms. The monoisotopic (exact) mass is 248 g/mol. The van der Waals surface area contributed by atoms with Gasteiger partial charge in [0.2, 0.25) is 11.8 Å². The van der Waals surface area contributed by atoms with Crippen LogP contribution in [0, 0.1) is 5.92 Å². The van der Waals surface area contributed by atoms with Gasteiger partial charge in [0, 0.05) is 20.0 Å². The third kappa shape index (κ3) is 3.07. The molecule has 2 amide bonds. The fourth-order valence-corrected chi connectivity index (χ4v) is 1.89. The van der Waals surface area contributed by atoms with Crippen molar-refractivity contribution < 1.29 is 14.4 Å². The molecule has 0 aliphatic carbocycles. The maximum atomic E-state index is 11.7. The number of hydroxylamine groups is 1. The molecular formula is C13H16N2O3. The van der Waals surface area contributed by atoms with Gasteiger partial charge in [-0.3, -0.25) is 14.4 Å². The smallest absolute Gasteiger partial charge is 0.248 e. The number of rotatable bonds is 4. The molecule has 1 saturated heterocycles. The highest BCUT2D eigenvalue weighted by Crippen LogP contribution is 2.15. The van der Waals surface area contributed by atoms with Crippen LogP contribution in [-0.2, 0) is 21.0 Å². The van der Waals surface area contributed by atoms with E-state index in [0.29, 0.717) is 13.2 Å². The number of amides is 2. The second kappa shape index (κ2) is 5.64.